The fourth-order valence-corrected chi connectivity index (χ4v) is 10.3. The minimum absolute atomic E-state index is 0.0342. The number of amides is 1. The second-order valence-corrected chi connectivity index (χ2v) is 14.3. The van der Waals surface area contributed by atoms with Crippen LogP contribution < -0.4 is 5.32 Å². The number of hydrogen-bond acceptors (Lipinski definition) is 5. The molecule has 5 rings (SSSR count). The third-order valence-electron chi connectivity index (χ3n) is 12.1. The zero-order chi connectivity index (χ0) is 28.2. The summed E-state index contributed by atoms with van der Waals surface area (Å²) in [5.74, 6) is 2.76. The van der Waals surface area contributed by atoms with Gasteiger partial charge >= 0.3 is 5.97 Å². The molecule has 5 aliphatic rings. The van der Waals surface area contributed by atoms with E-state index in [1.165, 1.54) is 19.8 Å². The monoisotopic (exact) mass is 543 g/mol. The van der Waals surface area contributed by atoms with E-state index in [1.54, 1.807) is 12.5 Å². The summed E-state index contributed by atoms with van der Waals surface area (Å²) < 4.78 is 19.2. The van der Waals surface area contributed by atoms with Crippen molar-refractivity contribution < 1.29 is 23.8 Å². The van der Waals surface area contributed by atoms with Gasteiger partial charge in [-0.2, -0.15) is 0 Å². The zero-order valence-corrected chi connectivity index (χ0v) is 25.5. The molecule has 0 aromatic carbocycles. The van der Waals surface area contributed by atoms with Crippen molar-refractivity contribution in [1.29, 1.82) is 0 Å². The van der Waals surface area contributed by atoms with Gasteiger partial charge in [0.1, 0.15) is 6.10 Å². The number of nitrogens with one attached hydrogen (secondary N) is 1. The van der Waals surface area contributed by atoms with E-state index in [4.69, 9.17) is 14.2 Å². The number of carbonyl (C=O) groups is 2. The maximum atomic E-state index is 11.6. The second-order valence-electron chi connectivity index (χ2n) is 14.3. The summed E-state index contributed by atoms with van der Waals surface area (Å²) in [4.78, 5) is 23.0. The highest BCUT2D eigenvalue weighted by Gasteiger charge is 2.68. The van der Waals surface area contributed by atoms with Crippen LogP contribution in [-0.2, 0) is 23.8 Å². The summed E-state index contributed by atoms with van der Waals surface area (Å²) in [7, 11) is 0. The predicted octanol–water partition coefficient (Wildman–Crippen LogP) is 6.43. The molecule has 0 radical (unpaired) electrons. The molecule has 1 aliphatic heterocycles. The summed E-state index contributed by atoms with van der Waals surface area (Å²) in [5, 5.41) is 2.97. The van der Waals surface area contributed by atoms with Crippen molar-refractivity contribution in [1.82, 2.24) is 5.32 Å². The molecule has 1 amide bonds. The van der Waals surface area contributed by atoms with Crippen molar-refractivity contribution in [3.05, 3.63) is 11.6 Å². The molecule has 4 fully saturated rings. The van der Waals surface area contributed by atoms with Gasteiger partial charge < -0.3 is 19.5 Å². The van der Waals surface area contributed by atoms with Crippen LogP contribution in [0.2, 0.25) is 0 Å². The van der Waals surface area contributed by atoms with Gasteiger partial charge in [-0.05, 0) is 92.3 Å². The van der Waals surface area contributed by atoms with Gasteiger partial charge in [-0.25, -0.2) is 0 Å². The van der Waals surface area contributed by atoms with Crippen molar-refractivity contribution in [2.45, 2.75) is 124 Å². The van der Waals surface area contributed by atoms with E-state index in [0.29, 0.717) is 48.7 Å². The zero-order valence-electron chi connectivity index (χ0n) is 25.5. The molecule has 0 aromatic heterocycles. The lowest BCUT2D eigenvalue weighted by molar-refractivity contribution is -0.250. The number of hydrogen-bond donors (Lipinski definition) is 1. The predicted molar refractivity (Wildman–Crippen MR) is 152 cm³/mol. The van der Waals surface area contributed by atoms with Gasteiger partial charge in [0.05, 0.1) is 6.10 Å². The molecule has 0 spiro atoms. The molecule has 1 heterocycles. The lowest BCUT2D eigenvalue weighted by Gasteiger charge is -2.58. The normalized spacial score (nSPS) is 45.3. The van der Waals surface area contributed by atoms with E-state index in [1.807, 2.05) is 0 Å². The fraction of sp³-hybridized carbons (Fsp3) is 0.879. The standard InChI is InChI=1S/C33H53NO5/c1-8-37-33(16-11-20(2)19-34-22(4)35)21(3)30-29(39-33)18-28-26-10-9-24-17-25(38-23(5)36)12-14-31(24,6)27(26)13-15-32(28,30)7/h9,20-21,25-30H,8,10-19H2,1-7H3,(H,34,35)/t20?,21?,25-,26?,27?,28?,29?,30?,31+,32+,33?/m1/s1. The number of carbonyl (C=O) groups excluding carboxylic acids is 2. The molecule has 8 unspecified atom stereocenters. The summed E-state index contributed by atoms with van der Waals surface area (Å²) in [6.45, 7) is 16.3. The van der Waals surface area contributed by atoms with Crippen LogP contribution in [0, 0.1) is 46.3 Å². The average molecular weight is 544 g/mol. The Morgan fingerprint density at radius 1 is 1.18 bits per heavy atom. The number of allylic oxidation sites excluding steroid dienone is 1. The van der Waals surface area contributed by atoms with Gasteiger partial charge in [0.2, 0.25) is 5.91 Å². The minimum Gasteiger partial charge on any atom is -0.462 e. The quantitative estimate of drug-likeness (QED) is 0.282. The lowest BCUT2D eigenvalue weighted by Crippen LogP contribution is -2.52. The maximum Gasteiger partial charge on any atom is 0.302 e. The van der Waals surface area contributed by atoms with Crippen molar-refractivity contribution in [2.75, 3.05) is 13.2 Å². The molecule has 1 N–H and O–H groups in total. The van der Waals surface area contributed by atoms with Crippen LogP contribution in [-0.4, -0.2) is 43.0 Å². The number of ether oxygens (including phenoxy) is 3. The first-order chi connectivity index (χ1) is 18.4. The Labute approximate surface area is 236 Å². The number of esters is 1. The van der Waals surface area contributed by atoms with Gasteiger partial charge in [-0.15, -0.1) is 0 Å². The highest BCUT2D eigenvalue weighted by Crippen LogP contribution is 2.70. The molecule has 6 nitrogen and oxygen atoms in total. The van der Waals surface area contributed by atoms with E-state index in [2.05, 4.69) is 46.0 Å². The first kappa shape index (κ1) is 29.1. The fourth-order valence-electron chi connectivity index (χ4n) is 10.3. The van der Waals surface area contributed by atoms with Crippen LogP contribution in [0.3, 0.4) is 0 Å². The third-order valence-corrected chi connectivity index (χ3v) is 12.1. The number of fused-ring (bicyclic) bond motifs is 7. The van der Waals surface area contributed by atoms with Gasteiger partial charge in [0.25, 0.3) is 0 Å². The molecule has 4 aliphatic carbocycles. The summed E-state index contributed by atoms with van der Waals surface area (Å²) in [6, 6.07) is 0. The van der Waals surface area contributed by atoms with Gasteiger partial charge in [-0.3, -0.25) is 9.59 Å². The van der Waals surface area contributed by atoms with Crippen molar-refractivity contribution in [2.24, 2.45) is 46.3 Å². The van der Waals surface area contributed by atoms with Crippen LogP contribution in [0.5, 0.6) is 0 Å². The van der Waals surface area contributed by atoms with Gasteiger partial charge in [0, 0.05) is 45.8 Å². The van der Waals surface area contributed by atoms with Crippen LogP contribution in [0.15, 0.2) is 11.6 Å². The van der Waals surface area contributed by atoms with Crippen molar-refractivity contribution in [3.8, 4) is 0 Å². The van der Waals surface area contributed by atoms with Gasteiger partial charge in [0.15, 0.2) is 5.79 Å². The Morgan fingerprint density at radius 3 is 2.64 bits per heavy atom. The van der Waals surface area contributed by atoms with Crippen LogP contribution >= 0.6 is 0 Å². The van der Waals surface area contributed by atoms with E-state index in [-0.39, 0.29) is 34.9 Å². The van der Waals surface area contributed by atoms with Crippen LogP contribution in [0.25, 0.3) is 0 Å². The molecule has 0 aromatic rings. The topological polar surface area (TPSA) is 73.9 Å². The Hall–Kier alpha value is -1.40. The van der Waals surface area contributed by atoms with Crippen LogP contribution in [0.1, 0.15) is 106 Å². The molecule has 0 bridgehead atoms. The smallest absolute Gasteiger partial charge is 0.302 e. The summed E-state index contributed by atoms with van der Waals surface area (Å²) in [5.41, 5.74) is 2.07. The Bertz CT molecular complexity index is 979. The van der Waals surface area contributed by atoms with Crippen molar-refractivity contribution >= 4 is 11.9 Å². The third kappa shape index (κ3) is 5.00. The molecule has 3 saturated carbocycles. The van der Waals surface area contributed by atoms with E-state index in [0.717, 1.165) is 44.9 Å². The second kappa shape index (κ2) is 10.8. The first-order valence-corrected chi connectivity index (χ1v) is 15.9. The number of rotatable bonds is 8. The highest BCUT2D eigenvalue weighted by molar-refractivity contribution is 5.72. The molecule has 39 heavy (non-hydrogen) atoms. The first-order valence-electron chi connectivity index (χ1n) is 15.9. The van der Waals surface area contributed by atoms with Crippen LogP contribution in [0.4, 0.5) is 0 Å². The maximum absolute atomic E-state index is 11.6. The van der Waals surface area contributed by atoms with E-state index >= 15 is 0 Å². The molecule has 220 valence electrons. The lowest BCUT2D eigenvalue weighted by atomic mass is 9.47. The Balaban J connectivity index is 1.31. The Morgan fingerprint density at radius 2 is 1.95 bits per heavy atom. The minimum atomic E-state index is -0.514. The molecule has 1 saturated heterocycles. The summed E-state index contributed by atoms with van der Waals surface area (Å²) in [6.07, 6.45) is 12.6. The van der Waals surface area contributed by atoms with Gasteiger partial charge in [-0.1, -0.05) is 39.3 Å². The van der Waals surface area contributed by atoms with E-state index < -0.39 is 5.79 Å². The molecule has 11 atom stereocenters. The molecular formula is C33H53NO5. The largest absolute Gasteiger partial charge is 0.462 e. The highest BCUT2D eigenvalue weighted by atomic mass is 16.7. The molecular weight excluding hydrogens is 490 g/mol. The van der Waals surface area contributed by atoms with Crippen molar-refractivity contribution in [3.63, 3.8) is 0 Å². The Kier molecular flexibility index (Phi) is 8.04. The average Bonchev–Trinajstić information content (AvgIpc) is 3.32. The molecule has 6 heteroatoms. The summed E-state index contributed by atoms with van der Waals surface area (Å²) >= 11 is 0. The van der Waals surface area contributed by atoms with E-state index in [9.17, 15) is 9.59 Å². The SMILES string of the molecule is CCOC1(CCC(C)CNC(C)=O)OC2CC3C4CC=C5C[C@H](OC(C)=O)CC[C@]5(C)C4CC[C@]3(C)C2C1C.